The number of nitrogens with one attached hydrogen (secondary N) is 2. The minimum Gasteiger partial charge on any atom is -0.378 e. The van der Waals surface area contributed by atoms with Gasteiger partial charge in [-0.3, -0.25) is 9.59 Å². The summed E-state index contributed by atoms with van der Waals surface area (Å²) in [5.74, 6) is -0.0858. The summed E-state index contributed by atoms with van der Waals surface area (Å²) in [6, 6.07) is 11.3. The summed E-state index contributed by atoms with van der Waals surface area (Å²) in [4.78, 5) is 27.2. The van der Waals surface area contributed by atoms with Gasteiger partial charge >= 0.3 is 0 Å². The first-order chi connectivity index (χ1) is 12.6. The molecule has 0 aliphatic carbocycles. The van der Waals surface area contributed by atoms with Gasteiger partial charge in [0.25, 0.3) is 5.91 Å². The number of carbonyl (C=O) groups excluding carboxylic acids is 2. The van der Waals surface area contributed by atoms with Gasteiger partial charge in [0.15, 0.2) is 0 Å². The lowest BCUT2D eigenvalue weighted by atomic mass is 10.1. The third-order valence-corrected chi connectivity index (χ3v) is 5.07. The number of morpholine rings is 1. The molecule has 1 fully saturated rings. The van der Waals surface area contributed by atoms with E-state index in [0.29, 0.717) is 31.1 Å². The van der Waals surface area contributed by atoms with Gasteiger partial charge < -0.3 is 20.3 Å². The van der Waals surface area contributed by atoms with Crippen LogP contribution in [0.4, 0.5) is 5.69 Å². The predicted molar refractivity (Wildman–Crippen MR) is 110 cm³/mol. The summed E-state index contributed by atoms with van der Waals surface area (Å²) in [6.07, 6.45) is 0.359. The van der Waals surface area contributed by atoms with Crippen LogP contribution in [0.5, 0.6) is 0 Å². The first-order valence-electron chi connectivity index (χ1n) is 8.61. The van der Waals surface area contributed by atoms with Crippen molar-refractivity contribution in [2.45, 2.75) is 19.0 Å². The number of nitrogens with zero attached hydrogens (tertiary/aromatic N) is 1. The quantitative estimate of drug-likeness (QED) is 0.769. The van der Waals surface area contributed by atoms with Crippen LogP contribution < -0.4 is 10.6 Å². The highest BCUT2D eigenvalue weighted by Crippen LogP contribution is 2.19. The van der Waals surface area contributed by atoms with E-state index in [0.717, 1.165) is 17.8 Å². The topological polar surface area (TPSA) is 70.7 Å². The zero-order valence-corrected chi connectivity index (χ0v) is 16.8. The molecule has 1 aliphatic heterocycles. The van der Waals surface area contributed by atoms with Gasteiger partial charge in [-0.25, -0.2) is 0 Å². The molecule has 6 nitrogen and oxygen atoms in total. The van der Waals surface area contributed by atoms with Crippen molar-refractivity contribution < 1.29 is 14.3 Å². The third kappa shape index (κ3) is 6.04. The van der Waals surface area contributed by atoms with Gasteiger partial charge in [-0.15, -0.1) is 23.7 Å². The number of ether oxygens (including phenoxy) is 1. The van der Waals surface area contributed by atoms with Gasteiger partial charge in [-0.1, -0.05) is 24.3 Å². The largest absolute Gasteiger partial charge is 0.378 e. The van der Waals surface area contributed by atoms with Crippen LogP contribution in [-0.4, -0.2) is 49.6 Å². The van der Waals surface area contributed by atoms with Crippen LogP contribution in [0, 0.1) is 0 Å². The number of thiophene rings is 1. The van der Waals surface area contributed by atoms with E-state index in [1.165, 1.54) is 11.3 Å². The van der Waals surface area contributed by atoms with E-state index in [4.69, 9.17) is 4.74 Å². The number of halogens is 1. The van der Waals surface area contributed by atoms with Crippen LogP contribution in [0.3, 0.4) is 0 Å². The molecule has 2 heterocycles. The second kappa shape index (κ2) is 10.4. The van der Waals surface area contributed by atoms with Crippen molar-refractivity contribution in [3.05, 3.63) is 52.2 Å². The number of amides is 2. The van der Waals surface area contributed by atoms with Crippen LogP contribution in [0.2, 0.25) is 0 Å². The van der Waals surface area contributed by atoms with E-state index >= 15 is 0 Å². The maximum absolute atomic E-state index is 12.4. The van der Waals surface area contributed by atoms with Gasteiger partial charge in [-0.05, 0) is 23.1 Å². The number of hydrogen-bond donors (Lipinski definition) is 2. The Morgan fingerprint density at radius 2 is 2.11 bits per heavy atom. The van der Waals surface area contributed by atoms with Gasteiger partial charge in [0, 0.05) is 38.3 Å². The van der Waals surface area contributed by atoms with Crippen LogP contribution in [0.1, 0.15) is 21.7 Å². The molecule has 27 heavy (non-hydrogen) atoms. The van der Waals surface area contributed by atoms with E-state index < -0.39 is 0 Å². The highest BCUT2D eigenvalue weighted by molar-refractivity contribution is 7.12. The normalized spacial score (nSPS) is 16.3. The Morgan fingerprint density at radius 1 is 1.30 bits per heavy atom. The SMILES string of the molecule is CN(Cc1ccccc1NC(=O)CC1COCCN1)C(=O)c1cccs1.Cl. The molecule has 3 rings (SSSR count). The molecule has 1 aromatic carbocycles. The third-order valence-electron chi connectivity index (χ3n) is 4.21. The summed E-state index contributed by atoms with van der Waals surface area (Å²) >= 11 is 1.42. The fourth-order valence-corrected chi connectivity index (χ4v) is 3.59. The van der Waals surface area contributed by atoms with Crippen molar-refractivity contribution in [3.8, 4) is 0 Å². The Balaban J connectivity index is 0.00000261. The van der Waals surface area contributed by atoms with Crippen molar-refractivity contribution in [1.82, 2.24) is 10.2 Å². The molecule has 1 saturated heterocycles. The molecule has 0 spiro atoms. The van der Waals surface area contributed by atoms with Crippen molar-refractivity contribution in [2.24, 2.45) is 0 Å². The molecular formula is C19H24ClN3O3S. The Bertz CT molecular complexity index is 748. The van der Waals surface area contributed by atoms with Crippen molar-refractivity contribution in [1.29, 1.82) is 0 Å². The van der Waals surface area contributed by atoms with E-state index in [9.17, 15) is 9.59 Å². The van der Waals surface area contributed by atoms with Gasteiger partial charge in [0.1, 0.15) is 0 Å². The molecule has 0 bridgehead atoms. The molecule has 8 heteroatoms. The summed E-state index contributed by atoms with van der Waals surface area (Å²) in [5.41, 5.74) is 1.64. The van der Waals surface area contributed by atoms with Crippen LogP contribution >= 0.6 is 23.7 Å². The molecule has 146 valence electrons. The molecule has 0 saturated carbocycles. The predicted octanol–water partition coefficient (Wildman–Crippen LogP) is 2.76. The average Bonchev–Trinajstić information content (AvgIpc) is 3.18. The minimum absolute atomic E-state index is 0. The fraction of sp³-hybridized carbons (Fsp3) is 0.368. The van der Waals surface area contributed by atoms with Crippen LogP contribution in [0.25, 0.3) is 0 Å². The Morgan fingerprint density at radius 3 is 2.81 bits per heavy atom. The van der Waals surface area contributed by atoms with Crippen molar-refractivity contribution >= 4 is 41.2 Å². The second-order valence-electron chi connectivity index (χ2n) is 6.27. The first-order valence-corrected chi connectivity index (χ1v) is 9.49. The molecule has 1 atom stereocenters. The molecule has 2 N–H and O–H groups in total. The maximum atomic E-state index is 12.4. The monoisotopic (exact) mass is 409 g/mol. The zero-order chi connectivity index (χ0) is 18.4. The zero-order valence-electron chi connectivity index (χ0n) is 15.1. The molecule has 2 aromatic rings. The number of rotatable bonds is 6. The fourth-order valence-electron chi connectivity index (χ4n) is 2.87. The van der Waals surface area contributed by atoms with E-state index in [1.54, 1.807) is 11.9 Å². The number of anilines is 1. The summed E-state index contributed by atoms with van der Waals surface area (Å²) in [6.45, 7) is 2.43. The number of carbonyl (C=O) groups is 2. The van der Waals surface area contributed by atoms with Crippen molar-refractivity contribution in [3.63, 3.8) is 0 Å². The lowest BCUT2D eigenvalue weighted by Gasteiger charge is -2.23. The number of hydrogen-bond acceptors (Lipinski definition) is 5. The Kier molecular flexibility index (Phi) is 8.24. The maximum Gasteiger partial charge on any atom is 0.263 e. The highest BCUT2D eigenvalue weighted by atomic mass is 35.5. The Hall–Kier alpha value is -1.93. The summed E-state index contributed by atoms with van der Waals surface area (Å²) in [7, 11) is 1.77. The average molecular weight is 410 g/mol. The Labute approximate surface area is 169 Å². The molecular weight excluding hydrogens is 386 g/mol. The molecule has 0 radical (unpaired) electrons. The summed E-state index contributed by atoms with van der Waals surface area (Å²) in [5, 5.41) is 8.13. The summed E-state index contributed by atoms with van der Waals surface area (Å²) < 4.78 is 5.39. The minimum atomic E-state index is -0.0623. The van der Waals surface area contributed by atoms with E-state index in [-0.39, 0.29) is 30.3 Å². The van der Waals surface area contributed by atoms with Gasteiger partial charge in [-0.2, -0.15) is 0 Å². The standard InChI is InChI=1S/C19H23N3O3S.ClH/c1-22(19(24)17-7-4-10-26-17)12-14-5-2-3-6-16(14)21-18(23)11-15-13-25-9-8-20-15;/h2-7,10,15,20H,8-9,11-13H2,1H3,(H,21,23);1H. The number of benzene rings is 1. The second-order valence-corrected chi connectivity index (χ2v) is 7.22. The number of para-hydroxylation sites is 1. The molecule has 1 unspecified atom stereocenters. The van der Waals surface area contributed by atoms with Crippen LogP contribution in [0.15, 0.2) is 41.8 Å². The van der Waals surface area contributed by atoms with Crippen LogP contribution in [-0.2, 0) is 16.1 Å². The first kappa shape index (κ1) is 21.4. The van der Waals surface area contributed by atoms with E-state index in [2.05, 4.69) is 10.6 Å². The van der Waals surface area contributed by atoms with Crippen molar-refractivity contribution in [2.75, 3.05) is 32.1 Å². The molecule has 2 amide bonds. The van der Waals surface area contributed by atoms with Gasteiger partial charge in [0.2, 0.25) is 5.91 Å². The molecule has 1 aromatic heterocycles. The highest BCUT2D eigenvalue weighted by Gasteiger charge is 2.18. The van der Waals surface area contributed by atoms with Gasteiger partial charge in [0.05, 0.1) is 18.1 Å². The lowest BCUT2D eigenvalue weighted by Crippen LogP contribution is -2.43. The smallest absolute Gasteiger partial charge is 0.263 e. The van der Waals surface area contributed by atoms with E-state index in [1.807, 2.05) is 41.8 Å². The molecule has 1 aliphatic rings. The lowest BCUT2D eigenvalue weighted by molar-refractivity contribution is -0.117.